The van der Waals surface area contributed by atoms with Crippen LogP contribution in [0.1, 0.15) is 33.2 Å². The molecule has 0 unspecified atom stereocenters. The summed E-state index contributed by atoms with van der Waals surface area (Å²) in [6.45, 7) is 3.32. The largest absolute Gasteiger partial charge is 0.494 e. The van der Waals surface area contributed by atoms with Gasteiger partial charge in [-0.25, -0.2) is 12.7 Å². The molecule has 0 saturated heterocycles. The van der Waals surface area contributed by atoms with Gasteiger partial charge in [0.15, 0.2) is 0 Å². The van der Waals surface area contributed by atoms with Crippen LogP contribution in [0.3, 0.4) is 0 Å². The van der Waals surface area contributed by atoms with E-state index >= 15 is 0 Å². The van der Waals surface area contributed by atoms with E-state index in [0.29, 0.717) is 16.7 Å². The molecule has 1 aliphatic rings. The number of benzene rings is 3. The Morgan fingerprint density at radius 3 is 1.97 bits per heavy atom. The number of rotatable bonds is 7. The van der Waals surface area contributed by atoms with Crippen molar-refractivity contribution >= 4 is 33.4 Å². The minimum Gasteiger partial charge on any atom is -0.494 e. The van der Waals surface area contributed by atoms with Gasteiger partial charge in [0.25, 0.3) is 27.7 Å². The third-order valence-corrected chi connectivity index (χ3v) is 7.10. The molecule has 9 heteroatoms. The van der Waals surface area contributed by atoms with Crippen LogP contribution in [0.5, 0.6) is 5.75 Å². The summed E-state index contributed by atoms with van der Waals surface area (Å²) >= 11 is 0. The first-order valence-corrected chi connectivity index (χ1v) is 12.0. The predicted molar refractivity (Wildman–Crippen MR) is 125 cm³/mol. The maximum absolute atomic E-state index is 13.5. The quantitative estimate of drug-likeness (QED) is 0.483. The number of amides is 3. The second kappa shape index (κ2) is 9.11. The Hall–Kier alpha value is -3.98. The number of carbonyl (C=O) groups excluding carboxylic acids is 3. The third kappa shape index (κ3) is 4.17. The van der Waals surface area contributed by atoms with Gasteiger partial charge in [0.2, 0.25) is 0 Å². The Balaban J connectivity index is 1.72. The number of aryl methyl sites for hydroxylation is 1. The molecular formula is C25H22N2O6S. The van der Waals surface area contributed by atoms with E-state index in [4.69, 9.17) is 4.74 Å². The molecule has 1 aliphatic heterocycles. The van der Waals surface area contributed by atoms with E-state index in [1.54, 1.807) is 36.4 Å². The van der Waals surface area contributed by atoms with Crippen molar-refractivity contribution in [2.75, 3.05) is 17.5 Å². The number of anilines is 1. The first-order valence-electron chi connectivity index (χ1n) is 10.6. The van der Waals surface area contributed by atoms with E-state index in [-0.39, 0.29) is 21.7 Å². The van der Waals surface area contributed by atoms with Crippen LogP contribution in [0.25, 0.3) is 0 Å². The fourth-order valence-corrected chi connectivity index (χ4v) is 5.08. The molecule has 0 aliphatic carbocycles. The SMILES string of the molecule is CCOc1ccc(N(C(=O)CN2C(=O)c3ccccc3C2=O)S(=O)(=O)c2ccc(C)cc2)cc1. The summed E-state index contributed by atoms with van der Waals surface area (Å²) in [5.74, 6) is -1.73. The summed E-state index contributed by atoms with van der Waals surface area (Å²) in [5, 5.41) is 0. The topological polar surface area (TPSA) is 101 Å². The number of fused-ring (bicyclic) bond motifs is 1. The zero-order chi connectivity index (χ0) is 24.5. The molecule has 0 bridgehead atoms. The van der Waals surface area contributed by atoms with E-state index in [2.05, 4.69) is 0 Å². The molecule has 0 fully saturated rings. The van der Waals surface area contributed by atoms with Gasteiger partial charge in [-0.1, -0.05) is 29.8 Å². The molecule has 8 nitrogen and oxygen atoms in total. The van der Waals surface area contributed by atoms with Gasteiger partial charge >= 0.3 is 0 Å². The van der Waals surface area contributed by atoms with Crippen LogP contribution in [0, 0.1) is 6.92 Å². The van der Waals surface area contributed by atoms with Gasteiger partial charge in [-0.2, -0.15) is 0 Å². The molecule has 1 heterocycles. The molecule has 4 rings (SSSR count). The minimum atomic E-state index is -4.35. The lowest BCUT2D eigenvalue weighted by molar-refractivity contribution is -0.117. The highest BCUT2D eigenvalue weighted by molar-refractivity contribution is 7.93. The Labute approximate surface area is 197 Å². The van der Waals surface area contributed by atoms with E-state index in [1.807, 2.05) is 13.8 Å². The predicted octanol–water partition coefficient (Wildman–Crippen LogP) is 3.41. The normalized spacial score (nSPS) is 13.1. The monoisotopic (exact) mass is 478 g/mol. The number of hydrogen-bond acceptors (Lipinski definition) is 6. The van der Waals surface area contributed by atoms with Gasteiger partial charge < -0.3 is 4.74 Å². The van der Waals surface area contributed by atoms with Gasteiger partial charge in [-0.15, -0.1) is 0 Å². The van der Waals surface area contributed by atoms with Gasteiger partial charge in [-0.05, 0) is 62.4 Å². The van der Waals surface area contributed by atoms with Gasteiger partial charge in [-0.3, -0.25) is 19.3 Å². The molecular weight excluding hydrogens is 456 g/mol. The molecule has 34 heavy (non-hydrogen) atoms. The van der Waals surface area contributed by atoms with Crippen molar-refractivity contribution < 1.29 is 27.5 Å². The summed E-state index contributed by atoms with van der Waals surface area (Å²) in [7, 11) is -4.35. The minimum absolute atomic E-state index is 0.0608. The molecule has 3 amide bonds. The number of ether oxygens (including phenoxy) is 1. The van der Waals surface area contributed by atoms with Crippen molar-refractivity contribution in [3.05, 3.63) is 89.5 Å². The van der Waals surface area contributed by atoms with Gasteiger partial charge in [0, 0.05) is 0 Å². The fourth-order valence-electron chi connectivity index (χ4n) is 3.66. The van der Waals surface area contributed by atoms with E-state index in [0.717, 1.165) is 10.5 Å². The maximum atomic E-state index is 13.5. The number of sulfonamides is 1. The molecule has 0 spiro atoms. The number of hydrogen-bond donors (Lipinski definition) is 0. The highest BCUT2D eigenvalue weighted by Crippen LogP contribution is 2.28. The van der Waals surface area contributed by atoms with Crippen molar-refractivity contribution in [1.29, 1.82) is 0 Å². The van der Waals surface area contributed by atoms with Crippen LogP contribution in [-0.2, 0) is 14.8 Å². The van der Waals surface area contributed by atoms with Crippen LogP contribution in [-0.4, -0.2) is 44.2 Å². The highest BCUT2D eigenvalue weighted by atomic mass is 32.2. The van der Waals surface area contributed by atoms with E-state index < -0.39 is 34.3 Å². The number of carbonyl (C=O) groups is 3. The van der Waals surface area contributed by atoms with Crippen molar-refractivity contribution in [2.45, 2.75) is 18.7 Å². The van der Waals surface area contributed by atoms with Crippen LogP contribution in [0.2, 0.25) is 0 Å². The number of imide groups is 1. The standard InChI is InChI=1S/C25H22N2O6S/c1-3-33-19-12-10-18(11-13-19)27(34(31,32)20-14-8-17(2)9-15-20)23(28)16-26-24(29)21-6-4-5-7-22(21)25(26)30/h4-15H,3,16H2,1-2H3. The molecule has 0 saturated carbocycles. The second-order valence-electron chi connectivity index (χ2n) is 7.65. The van der Waals surface area contributed by atoms with Crippen LogP contribution >= 0.6 is 0 Å². The van der Waals surface area contributed by atoms with Crippen LogP contribution in [0.15, 0.2) is 77.7 Å². The summed E-state index contributed by atoms with van der Waals surface area (Å²) in [5.41, 5.74) is 1.26. The number of nitrogens with zero attached hydrogens (tertiary/aromatic N) is 2. The Bertz CT molecular complexity index is 1330. The van der Waals surface area contributed by atoms with Crippen molar-refractivity contribution in [2.24, 2.45) is 0 Å². The molecule has 0 radical (unpaired) electrons. The molecule has 0 N–H and O–H groups in total. The molecule has 0 aromatic heterocycles. The summed E-state index contributed by atoms with van der Waals surface area (Å²) in [6, 6.07) is 18.2. The summed E-state index contributed by atoms with van der Waals surface area (Å²) in [6.07, 6.45) is 0. The summed E-state index contributed by atoms with van der Waals surface area (Å²) in [4.78, 5) is 39.6. The Kier molecular flexibility index (Phi) is 6.21. The lowest BCUT2D eigenvalue weighted by Gasteiger charge is -2.25. The highest BCUT2D eigenvalue weighted by Gasteiger charge is 2.39. The van der Waals surface area contributed by atoms with Crippen molar-refractivity contribution in [3.8, 4) is 5.75 Å². The first-order chi connectivity index (χ1) is 16.2. The fraction of sp³-hybridized carbons (Fsp3) is 0.160. The lowest BCUT2D eigenvalue weighted by atomic mass is 10.1. The zero-order valence-electron chi connectivity index (χ0n) is 18.6. The van der Waals surface area contributed by atoms with E-state index in [9.17, 15) is 22.8 Å². The average molecular weight is 479 g/mol. The maximum Gasteiger partial charge on any atom is 0.270 e. The van der Waals surface area contributed by atoms with Crippen LogP contribution < -0.4 is 9.04 Å². The molecule has 3 aromatic rings. The van der Waals surface area contributed by atoms with E-state index in [1.165, 1.54) is 36.4 Å². The Morgan fingerprint density at radius 1 is 0.882 bits per heavy atom. The first kappa shape index (κ1) is 23.2. The average Bonchev–Trinajstić information content (AvgIpc) is 3.06. The lowest BCUT2D eigenvalue weighted by Crippen LogP contribution is -2.45. The van der Waals surface area contributed by atoms with Crippen molar-refractivity contribution in [1.82, 2.24) is 4.90 Å². The van der Waals surface area contributed by atoms with Crippen molar-refractivity contribution in [3.63, 3.8) is 0 Å². The van der Waals surface area contributed by atoms with Gasteiger partial charge in [0.1, 0.15) is 12.3 Å². The second-order valence-corrected chi connectivity index (χ2v) is 9.43. The Morgan fingerprint density at radius 2 is 1.44 bits per heavy atom. The van der Waals surface area contributed by atoms with Gasteiger partial charge in [0.05, 0.1) is 28.3 Å². The molecule has 174 valence electrons. The summed E-state index contributed by atoms with van der Waals surface area (Å²) < 4.78 is 33.1. The molecule has 3 aromatic carbocycles. The molecule has 0 atom stereocenters. The van der Waals surface area contributed by atoms with Crippen LogP contribution in [0.4, 0.5) is 5.69 Å². The zero-order valence-corrected chi connectivity index (χ0v) is 19.4. The third-order valence-electron chi connectivity index (χ3n) is 5.34. The smallest absolute Gasteiger partial charge is 0.270 e.